The minimum absolute atomic E-state index is 0.0476. The van der Waals surface area contributed by atoms with Gasteiger partial charge in [0.05, 0.1) is 23.8 Å². The molecule has 0 radical (unpaired) electrons. The number of ether oxygens (including phenoxy) is 1. The zero-order chi connectivity index (χ0) is 18.7. The number of hydrogen-bond donors (Lipinski definition) is 1. The standard InChI is InChI=1S/C18H19ClN2O4S/c1-13-2-4-16(20-12-14-10-15(19)3-5-17(14)22)11-18(13)26(23,24)21-6-8-25-9-7-21/h2-5,10-12,22H,6-9H2,1H3. The lowest BCUT2D eigenvalue weighted by molar-refractivity contribution is 0.0730. The lowest BCUT2D eigenvalue weighted by Gasteiger charge is -2.26. The number of morpholine rings is 1. The van der Waals surface area contributed by atoms with E-state index in [1.165, 1.54) is 22.7 Å². The summed E-state index contributed by atoms with van der Waals surface area (Å²) in [5.74, 6) is 0.0476. The number of nitrogens with zero attached hydrogens (tertiary/aromatic N) is 2. The van der Waals surface area contributed by atoms with Crippen molar-refractivity contribution >= 4 is 33.5 Å². The summed E-state index contributed by atoms with van der Waals surface area (Å²) in [7, 11) is -3.60. The summed E-state index contributed by atoms with van der Waals surface area (Å²) in [5.41, 5.74) is 1.58. The molecule has 0 amide bonds. The quantitative estimate of drug-likeness (QED) is 0.808. The molecular formula is C18H19ClN2O4S. The van der Waals surface area contributed by atoms with Crippen LogP contribution in [0.15, 0.2) is 46.3 Å². The number of sulfonamides is 1. The minimum Gasteiger partial charge on any atom is -0.507 e. The van der Waals surface area contributed by atoms with Crippen LogP contribution in [0.5, 0.6) is 5.75 Å². The number of hydrogen-bond acceptors (Lipinski definition) is 5. The number of aryl methyl sites for hydroxylation is 1. The number of aromatic hydroxyl groups is 1. The zero-order valence-electron chi connectivity index (χ0n) is 14.2. The van der Waals surface area contributed by atoms with Gasteiger partial charge in [0.2, 0.25) is 10.0 Å². The van der Waals surface area contributed by atoms with Gasteiger partial charge in [-0.15, -0.1) is 0 Å². The summed E-state index contributed by atoms with van der Waals surface area (Å²) >= 11 is 5.92. The summed E-state index contributed by atoms with van der Waals surface area (Å²) in [4.78, 5) is 4.51. The molecule has 0 bridgehead atoms. The first-order valence-corrected chi connectivity index (χ1v) is 9.91. The minimum atomic E-state index is -3.60. The van der Waals surface area contributed by atoms with Gasteiger partial charge in [-0.1, -0.05) is 17.7 Å². The van der Waals surface area contributed by atoms with E-state index in [1.807, 2.05) is 0 Å². The maximum atomic E-state index is 12.9. The Kier molecular flexibility index (Phi) is 5.62. The van der Waals surface area contributed by atoms with Crippen LogP contribution in [-0.2, 0) is 14.8 Å². The maximum Gasteiger partial charge on any atom is 0.243 e. The highest BCUT2D eigenvalue weighted by Gasteiger charge is 2.27. The molecule has 1 fully saturated rings. The van der Waals surface area contributed by atoms with Crippen molar-refractivity contribution in [1.82, 2.24) is 4.31 Å². The molecule has 0 unspecified atom stereocenters. The number of benzene rings is 2. The summed E-state index contributed by atoms with van der Waals surface area (Å²) in [6.45, 7) is 3.22. The molecule has 1 heterocycles. The van der Waals surface area contributed by atoms with Crippen LogP contribution in [0.2, 0.25) is 5.02 Å². The van der Waals surface area contributed by atoms with Crippen molar-refractivity contribution in [2.45, 2.75) is 11.8 Å². The summed E-state index contributed by atoms with van der Waals surface area (Å²) in [6, 6.07) is 9.63. The summed E-state index contributed by atoms with van der Waals surface area (Å²) in [6.07, 6.45) is 1.46. The van der Waals surface area contributed by atoms with Gasteiger partial charge in [-0.05, 0) is 42.8 Å². The first kappa shape index (κ1) is 18.8. The zero-order valence-corrected chi connectivity index (χ0v) is 15.8. The van der Waals surface area contributed by atoms with Gasteiger partial charge in [0.1, 0.15) is 5.75 Å². The number of halogens is 1. The highest BCUT2D eigenvalue weighted by molar-refractivity contribution is 7.89. The van der Waals surface area contributed by atoms with Crippen LogP contribution in [0.25, 0.3) is 0 Å². The van der Waals surface area contributed by atoms with E-state index in [1.54, 1.807) is 31.2 Å². The molecule has 0 saturated carbocycles. The fourth-order valence-corrected chi connectivity index (χ4v) is 4.48. The molecule has 1 aliphatic rings. The second-order valence-corrected chi connectivity index (χ2v) is 8.27. The first-order valence-electron chi connectivity index (χ1n) is 8.09. The molecular weight excluding hydrogens is 376 g/mol. The van der Waals surface area contributed by atoms with E-state index in [0.29, 0.717) is 48.1 Å². The largest absolute Gasteiger partial charge is 0.507 e. The Morgan fingerprint density at radius 3 is 2.65 bits per heavy atom. The fraction of sp³-hybridized carbons (Fsp3) is 0.278. The smallest absolute Gasteiger partial charge is 0.243 e. The molecule has 1 aliphatic heterocycles. The van der Waals surface area contributed by atoms with Crippen LogP contribution in [0.1, 0.15) is 11.1 Å². The topological polar surface area (TPSA) is 79.2 Å². The molecule has 2 aromatic carbocycles. The van der Waals surface area contributed by atoms with E-state index in [-0.39, 0.29) is 10.6 Å². The summed E-state index contributed by atoms with van der Waals surface area (Å²) in [5, 5.41) is 10.3. The van der Waals surface area contributed by atoms with Gasteiger partial charge in [-0.3, -0.25) is 4.99 Å². The highest BCUT2D eigenvalue weighted by atomic mass is 35.5. The van der Waals surface area contributed by atoms with Crippen molar-refractivity contribution in [1.29, 1.82) is 0 Å². The van der Waals surface area contributed by atoms with Gasteiger partial charge in [-0.25, -0.2) is 8.42 Å². The molecule has 2 aromatic rings. The molecule has 6 nitrogen and oxygen atoms in total. The Morgan fingerprint density at radius 1 is 1.19 bits per heavy atom. The monoisotopic (exact) mass is 394 g/mol. The van der Waals surface area contributed by atoms with Crippen molar-refractivity contribution in [3.63, 3.8) is 0 Å². The van der Waals surface area contributed by atoms with E-state index >= 15 is 0 Å². The fourth-order valence-electron chi connectivity index (χ4n) is 2.65. The van der Waals surface area contributed by atoms with Crippen LogP contribution in [0, 0.1) is 6.92 Å². The van der Waals surface area contributed by atoms with E-state index in [2.05, 4.69) is 4.99 Å². The third-order valence-electron chi connectivity index (χ3n) is 4.10. The Morgan fingerprint density at radius 2 is 1.92 bits per heavy atom. The van der Waals surface area contributed by atoms with Crippen LogP contribution in [0.3, 0.4) is 0 Å². The van der Waals surface area contributed by atoms with E-state index < -0.39 is 10.0 Å². The normalized spacial score (nSPS) is 16.2. The van der Waals surface area contributed by atoms with Crippen molar-refractivity contribution in [3.05, 3.63) is 52.5 Å². The first-order chi connectivity index (χ1) is 12.4. The van der Waals surface area contributed by atoms with Gasteiger partial charge < -0.3 is 9.84 Å². The Labute approximate surface area is 157 Å². The van der Waals surface area contributed by atoms with Crippen molar-refractivity contribution < 1.29 is 18.3 Å². The Balaban J connectivity index is 1.92. The van der Waals surface area contributed by atoms with Gasteiger partial charge >= 0.3 is 0 Å². The molecule has 1 N–H and O–H groups in total. The van der Waals surface area contributed by atoms with Gasteiger partial charge in [-0.2, -0.15) is 4.31 Å². The van der Waals surface area contributed by atoms with E-state index in [4.69, 9.17) is 16.3 Å². The molecule has 138 valence electrons. The van der Waals surface area contributed by atoms with E-state index in [9.17, 15) is 13.5 Å². The number of phenols is 1. The third-order valence-corrected chi connectivity index (χ3v) is 6.38. The summed E-state index contributed by atoms with van der Waals surface area (Å²) < 4.78 is 32.4. The Hall–Kier alpha value is -1.93. The van der Waals surface area contributed by atoms with Gasteiger partial charge in [0.25, 0.3) is 0 Å². The Bertz CT molecular complexity index is 938. The van der Waals surface area contributed by atoms with Crippen molar-refractivity contribution in [2.24, 2.45) is 4.99 Å². The van der Waals surface area contributed by atoms with Crippen LogP contribution in [-0.4, -0.2) is 50.3 Å². The van der Waals surface area contributed by atoms with Gasteiger partial charge in [0.15, 0.2) is 0 Å². The second-order valence-electron chi connectivity index (χ2n) is 5.93. The van der Waals surface area contributed by atoms with Crippen LogP contribution in [0.4, 0.5) is 5.69 Å². The van der Waals surface area contributed by atoms with Crippen LogP contribution >= 0.6 is 11.6 Å². The van der Waals surface area contributed by atoms with Crippen LogP contribution < -0.4 is 0 Å². The third kappa shape index (κ3) is 4.07. The lowest BCUT2D eigenvalue weighted by Crippen LogP contribution is -2.40. The molecule has 0 atom stereocenters. The number of rotatable bonds is 4. The number of aliphatic imine (C=N–C) groups is 1. The molecule has 0 spiro atoms. The lowest BCUT2D eigenvalue weighted by atomic mass is 10.2. The molecule has 8 heteroatoms. The molecule has 26 heavy (non-hydrogen) atoms. The predicted octanol–water partition coefficient (Wildman–Crippen LogP) is 3.13. The number of phenolic OH excluding ortho intramolecular Hbond substituents is 1. The SMILES string of the molecule is Cc1ccc(N=Cc2cc(Cl)ccc2O)cc1S(=O)(=O)N1CCOCC1. The van der Waals surface area contributed by atoms with Gasteiger partial charge in [0, 0.05) is 29.9 Å². The second kappa shape index (κ2) is 7.75. The van der Waals surface area contributed by atoms with Crippen molar-refractivity contribution in [3.8, 4) is 5.75 Å². The van der Waals surface area contributed by atoms with Crippen molar-refractivity contribution in [2.75, 3.05) is 26.3 Å². The average Bonchev–Trinajstić information content (AvgIpc) is 2.64. The predicted molar refractivity (Wildman–Crippen MR) is 101 cm³/mol. The highest BCUT2D eigenvalue weighted by Crippen LogP contribution is 2.26. The van der Waals surface area contributed by atoms with E-state index in [0.717, 1.165) is 0 Å². The molecule has 0 aromatic heterocycles. The average molecular weight is 395 g/mol. The molecule has 3 rings (SSSR count). The maximum absolute atomic E-state index is 12.9. The molecule has 0 aliphatic carbocycles. The molecule has 1 saturated heterocycles.